The van der Waals surface area contributed by atoms with Gasteiger partial charge in [0.15, 0.2) is 5.13 Å². The van der Waals surface area contributed by atoms with E-state index in [-0.39, 0.29) is 5.91 Å². The maximum atomic E-state index is 12.2. The van der Waals surface area contributed by atoms with Gasteiger partial charge in [0.1, 0.15) is 0 Å². The lowest BCUT2D eigenvalue weighted by molar-refractivity contribution is 0.102. The molecule has 90 valence electrons. The van der Waals surface area contributed by atoms with Crippen molar-refractivity contribution in [2.24, 2.45) is 0 Å². The Bertz CT molecular complexity index is 719. The van der Waals surface area contributed by atoms with Crippen LogP contribution in [0.5, 0.6) is 0 Å². The summed E-state index contributed by atoms with van der Waals surface area (Å²) < 4.78 is 0.887. The predicted octanol–water partition coefficient (Wildman–Crippen LogP) is 3.64. The molecule has 0 unspecified atom stereocenters. The first-order valence-electron chi connectivity index (χ1n) is 5.23. The van der Waals surface area contributed by atoms with Crippen LogP contribution in [-0.2, 0) is 0 Å². The van der Waals surface area contributed by atoms with Gasteiger partial charge >= 0.3 is 0 Å². The molecule has 18 heavy (non-hydrogen) atoms. The van der Waals surface area contributed by atoms with Crippen molar-refractivity contribution in [3.63, 3.8) is 0 Å². The van der Waals surface area contributed by atoms with Gasteiger partial charge in [-0.15, -0.1) is 0 Å². The second kappa shape index (κ2) is 4.55. The number of fused-ring (bicyclic) bond motifs is 1. The van der Waals surface area contributed by atoms with Gasteiger partial charge in [-0.05, 0) is 34.1 Å². The zero-order valence-electron chi connectivity index (χ0n) is 9.11. The van der Waals surface area contributed by atoms with Crippen molar-refractivity contribution in [2.75, 3.05) is 5.32 Å². The Morgan fingerprint density at radius 1 is 1.39 bits per heavy atom. The SMILES string of the molecule is O=C(Nc1ncc(Br)s1)c1cccc2[nH]ccc12. The highest BCUT2D eigenvalue weighted by atomic mass is 79.9. The van der Waals surface area contributed by atoms with Crippen LogP contribution in [0.2, 0.25) is 0 Å². The minimum absolute atomic E-state index is 0.151. The number of H-pyrrole nitrogens is 1. The van der Waals surface area contributed by atoms with E-state index in [1.54, 1.807) is 12.3 Å². The van der Waals surface area contributed by atoms with Crippen molar-refractivity contribution in [3.8, 4) is 0 Å². The lowest BCUT2D eigenvalue weighted by atomic mass is 10.1. The second-order valence-electron chi connectivity index (χ2n) is 3.67. The van der Waals surface area contributed by atoms with Crippen molar-refractivity contribution in [3.05, 3.63) is 46.0 Å². The molecule has 6 heteroatoms. The van der Waals surface area contributed by atoms with Crippen LogP contribution in [-0.4, -0.2) is 15.9 Å². The third-order valence-electron chi connectivity index (χ3n) is 2.54. The maximum absolute atomic E-state index is 12.2. The summed E-state index contributed by atoms with van der Waals surface area (Å²) in [5.74, 6) is -0.151. The molecule has 1 amide bonds. The normalized spacial score (nSPS) is 10.7. The quantitative estimate of drug-likeness (QED) is 0.757. The standard InChI is InChI=1S/C12H8BrN3OS/c13-10-6-15-12(18-10)16-11(17)8-2-1-3-9-7(8)4-5-14-9/h1-6,14H,(H,15,16,17). The summed E-state index contributed by atoms with van der Waals surface area (Å²) in [7, 11) is 0. The number of amides is 1. The van der Waals surface area contributed by atoms with Crippen molar-refractivity contribution < 1.29 is 4.79 Å². The van der Waals surface area contributed by atoms with E-state index in [0.717, 1.165) is 14.7 Å². The molecule has 0 aliphatic carbocycles. The third kappa shape index (κ3) is 2.04. The molecule has 3 rings (SSSR count). The molecular formula is C12H8BrN3OS. The summed E-state index contributed by atoms with van der Waals surface area (Å²) in [6.45, 7) is 0. The van der Waals surface area contributed by atoms with E-state index < -0.39 is 0 Å². The van der Waals surface area contributed by atoms with Crippen LogP contribution in [0.4, 0.5) is 5.13 Å². The minimum Gasteiger partial charge on any atom is -0.361 e. The Kier molecular flexibility index (Phi) is 2.89. The first-order chi connectivity index (χ1) is 8.74. The number of aromatic nitrogens is 2. The first-order valence-corrected chi connectivity index (χ1v) is 6.84. The summed E-state index contributed by atoms with van der Waals surface area (Å²) in [6.07, 6.45) is 3.48. The molecule has 1 aromatic carbocycles. The number of hydrogen-bond acceptors (Lipinski definition) is 3. The molecule has 2 heterocycles. The third-order valence-corrected chi connectivity index (χ3v) is 3.93. The summed E-state index contributed by atoms with van der Waals surface area (Å²) in [6, 6.07) is 7.48. The first kappa shape index (κ1) is 11.4. The number of carbonyl (C=O) groups excluding carboxylic acids is 1. The van der Waals surface area contributed by atoms with Crippen LogP contribution in [0.25, 0.3) is 10.9 Å². The van der Waals surface area contributed by atoms with Crippen LogP contribution in [0, 0.1) is 0 Å². The number of benzene rings is 1. The number of hydrogen-bond donors (Lipinski definition) is 2. The van der Waals surface area contributed by atoms with E-state index in [4.69, 9.17) is 0 Å². The lowest BCUT2D eigenvalue weighted by Crippen LogP contribution is -2.11. The molecule has 2 aromatic heterocycles. The molecule has 4 nitrogen and oxygen atoms in total. The highest BCUT2D eigenvalue weighted by Gasteiger charge is 2.12. The van der Waals surface area contributed by atoms with Gasteiger partial charge < -0.3 is 4.98 Å². The fourth-order valence-electron chi connectivity index (χ4n) is 1.76. The van der Waals surface area contributed by atoms with Crippen LogP contribution >= 0.6 is 27.3 Å². The van der Waals surface area contributed by atoms with E-state index >= 15 is 0 Å². The number of thiazole rings is 1. The molecular weight excluding hydrogens is 314 g/mol. The Morgan fingerprint density at radius 3 is 3.06 bits per heavy atom. The highest BCUT2D eigenvalue weighted by Crippen LogP contribution is 2.24. The molecule has 0 fully saturated rings. The van der Waals surface area contributed by atoms with Gasteiger partial charge in [0.05, 0.1) is 9.98 Å². The largest absolute Gasteiger partial charge is 0.361 e. The summed E-state index contributed by atoms with van der Waals surface area (Å²) in [4.78, 5) is 19.3. The molecule has 0 radical (unpaired) electrons. The predicted molar refractivity (Wildman–Crippen MR) is 76.1 cm³/mol. The van der Waals surface area contributed by atoms with Crippen LogP contribution in [0.1, 0.15) is 10.4 Å². The molecule has 2 N–H and O–H groups in total. The number of rotatable bonds is 2. The Balaban J connectivity index is 1.94. The number of anilines is 1. The Morgan fingerprint density at radius 2 is 2.28 bits per heavy atom. The zero-order chi connectivity index (χ0) is 12.5. The van der Waals surface area contributed by atoms with Crippen molar-refractivity contribution in [1.82, 2.24) is 9.97 Å². The van der Waals surface area contributed by atoms with Crippen molar-refractivity contribution >= 4 is 49.2 Å². The molecule has 3 aromatic rings. The smallest absolute Gasteiger partial charge is 0.258 e. The van der Waals surface area contributed by atoms with Gasteiger partial charge in [0, 0.05) is 22.7 Å². The summed E-state index contributed by atoms with van der Waals surface area (Å²) in [5.41, 5.74) is 1.59. The summed E-state index contributed by atoms with van der Waals surface area (Å²) >= 11 is 4.70. The van der Waals surface area contributed by atoms with Gasteiger partial charge in [-0.1, -0.05) is 17.4 Å². The van der Waals surface area contributed by atoms with Gasteiger partial charge in [0.25, 0.3) is 5.91 Å². The average molecular weight is 322 g/mol. The topological polar surface area (TPSA) is 57.8 Å². The molecule has 0 bridgehead atoms. The number of nitrogens with zero attached hydrogens (tertiary/aromatic N) is 1. The zero-order valence-corrected chi connectivity index (χ0v) is 11.5. The number of nitrogens with one attached hydrogen (secondary N) is 2. The van der Waals surface area contributed by atoms with E-state index in [1.165, 1.54) is 11.3 Å². The van der Waals surface area contributed by atoms with E-state index in [2.05, 4.69) is 31.2 Å². The van der Waals surface area contributed by atoms with Crippen LogP contribution in [0.3, 0.4) is 0 Å². The molecule has 0 aliphatic heterocycles. The molecule has 0 atom stereocenters. The fourth-order valence-corrected chi connectivity index (χ4v) is 2.86. The number of aromatic amines is 1. The maximum Gasteiger partial charge on any atom is 0.258 e. The van der Waals surface area contributed by atoms with Crippen molar-refractivity contribution in [1.29, 1.82) is 0 Å². The van der Waals surface area contributed by atoms with E-state index in [0.29, 0.717) is 10.7 Å². The molecule has 0 spiro atoms. The van der Waals surface area contributed by atoms with Crippen LogP contribution in [0.15, 0.2) is 40.4 Å². The van der Waals surface area contributed by atoms with E-state index in [1.807, 2.05) is 24.4 Å². The molecule has 0 saturated heterocycles. The number of carbonyl (C=O) groups is 1. The fraction of sp³-hybridized carbons (Fsp3) is 0. The highest BCUT2D eigenvalue weighted by molar-refractivity contribution is 9.11. The van der Waals surface area contributed by atoms with Gasteiger partial charge in [-0.3, -0.25) is 10.1 Å². The summed E-state index contributed by atoms with van der Waals surface area (Å²) in [5, 5.41) is 4.28. The Hall–Kier alpha value is -1.66. The Labute approximate surface area is 115 Å². The second-order valence-corrected chi connectivity index (χ2v) is 6.08. The van der Waals surface area contributed by atoms with Crippen molar-refractivity contribution in [2.45, 2.75) is 0 Å². The molecule has 0 aliphatic rings. The van der Waals surface area contributed by atoms with Crippen LogP contribution < -0.4 is 5.32 Å². The monoisotopic (exact) mass is 321 g/mol. The van der Waals surface area contributed by atoms with Gasteiger partial charge in [-0.2, -0.15) is 0 Å². The number of halogens is 1. The average Bonchev–Trinajstić information content (AvgIpc) is 2.97. The van der Waals surface area contributed by atoms with Gasteiger partial charge in [-0.25, -0.2) is 4.98 Å². The lowest BCUT2D eigenvalue weighted by Gasteiger charge is -2.02. The minimum atomic E-state index is -0.151. The van der Waals surface area contributed by atoms with Gasteiger partial charge in [0.2, 0.25) is 0 Å². The molecule has 0 saturated carbocycles. The van der Waals surface area contributed by atoms with E-state index in [9.17, 15) is 4.79 Å².